The van der Waals surface area contributed by atoms with E-state index < -0.39 is 4.92 Å². The Bertz CT molecular complexity index is 393. The Hall–Kier alpha value is -2.05. The van der Waals surface area contributed by atoms with E-state index in [0.29, 0.717) is 0 Å². The summed E-state index contributed by atoms with van der Waals surface area (Å²) in [4.78, 5) is 11.4. The third-order valence-corrected chi connectivity index (χ3v) is 1.83. The maximum Gasteiger partial charge on any atom is 0.433 e. The monoisotopic (exact) mass is 197 g/mol. The zero-order chi connectivity index (χ0) is 10.1. The van der Waals surface area contributed by atoms with Gasteiger partial charge in [0.15, 0.2) is 5.76 Å². The summed E-state index contributed by atoms with van der Waals surface area (Å²) >= 11 is 0. The van der Waals surface area contributed by atoms with Crippen molar-refractivity contribution in [2.45, 2.75) is 0 Å². The maximum absolute atomic E-state index is 10.3. The second kappa shape index (κ2) is 3.02. The molecule has 1 aromatic heterocycles. The fourth-order valence-corrected chi connectivity index (χ4v) is 1.08. The summed E-state index contributed by atoms with van der Waals surface area (Å²) in [5.74, 6) is 0.0813. The highest BCUT2D eigenvalue weighted by Crippen LogP contribution is 2.20. The molecule has 14 heavy (non-hydrogen) atoms. The highest BCUT2D eigenvalue weighted by Gasteiger charge is 2.27. The summed E-state index contributed by atoms with van der Waals surface area (Å²) < 4.78 is 4.87. The lowest BCUT2D eigenvalue weighted by atomic mass is 10.4. The molecule has 0 bridgehead atoms. The van der Waals surface area contributed by atoms with Crippen molar-refractivity contribution in [1.29, 1.82) is 0 Å². The molecule has 0 amide bonds. The van der Waals surface area contributed by atoms with Gasteiger partial charge in [0.1, 0.15) is 4.92 Å². The highest BCUT2D eigenvalue weighted by molar-refractivity contribution is 5.97. The molecule has 2 rings (SSSR count). The molecular weight excluding hydrogens is 190 g/mol. The van der Waals surface area contributed by atoms with Gasteiger partial charge in [-0.25, -0.2) is 0 Å². The zero-order valence-electron chi connectivity index (χ0n) is 7.08. The number of nitrogens with zero attached hydrogens (tertiary/aromatic N) is 3. The van der Waals surface area contributed by atoms with Crippen molar-refractivity contribution in [2.24, 2.45) is 5.16 Å². The first-order valence-corrected chi connectivity index (χ1v) is 3.94. The van der Waals surface area contributed by atoms with E-state index in [4.69, 9.17) is 9.62 Å². The molecule has 0 unspecified atom stereocenters. The van der Waals surface area contributed by atoms with Crippen LogP contribution in [-0.2, 0) is 0 Å². The molecule has 1 aliphatic heterocycles. The van der Waals surface area contributed by atoms with Crippen LogP contribution in [0, 0.1) is 10.1 Å². The van der Waals surface area contributed by atoms with Crippen molar-refractivity contribution >= 4 is 11.7 Å². The van der Waals surface area contributed by atoms with Gasteiger partial charge < -0.3 is 14.5 Å². The van der Waals surface area contributed by atoms with Gasteiger partial charge in [0, 0.05) is 13.1 Å². The number of furan rings is 1. The second-order valence-electron chi connectivity index (χ2n) is 2.81. The van der Waals surface area contributed by atoms with Gasteiger partial charge in [0.05, 0.1) is 6.07 Å². The molecule has 1 aliphatic rings. The normalized spacial score (nSPS) is 15.7. The highest BCUT2D eigenvalue weighted by atomic mass is 16.6. The van der Waals surface area contributed by atoms with Crippen molar-refractivity contribution < 1.29 is 14.5 Å². The SMILES string of the molecule is O=[N+]([O-])c1ccc(/C(=N/O)N2CC2)o1. The number of rotatable bonds is 2. The third kappa shape index (κ3) is 1.39. The van der Waals surface area contributed by atoms with E-state index in [2.05, 4.69) is 5.16 Å². The first-order valence-electron chi connectivity index (χ1n) is 3.94. The molecule has 0 atom stereocenters. The van der Waals surface area contributed by atoms with Crippen LogP contribution in [0.3, 0.4) is 0 Å². The van der Waals surface area contributed by atoms with Gasteiger partial charge in [-0.1, -0.05) is 5.16 Å². The van der Waals surface area contributed by atoms with Crippen molar-refractivity contribution in [3.8, 4) is 0 Å². The summed E-state index contributed by atoms with van der Waals surface area (Å²) in [6, 6.07) is 2.63. The van der Waals surface area contributed by atoms with E-state index in [1.807, 2.05) is 0 Å². The van der Waals surface area contributed by atoms with Crippen LogP contribution in [0.2, 0.25) is 0 Å². The Morgan fingerprint density at radius 3 is 2.79 bits per heavy atom. The van der Waals surface area contributed by atoms with Gasteiger partial charge in [-0.05, 0) is 6.07 Å². The van der Waals surface area contributed by atoms with E-state index in [9.17, 15) is 10.1 Å². The van der Waals surface area contributed by atoms with Crippen molar-refractivity contribution in [3.05, 3.63) is 28.0 Å². The smallest absolute Gasteiger partial charge is 0.409 e. The molecule has 7 nitrogen and oxygen atoms in total. The van der Waals surface area contributed by atoms with Crippen LogP contribution in [0.5, 0.6) is 0 Å². The fourth-order valence-electron chi connectivity index (χ4n) is 1.08. The largest absolute Gasteiger partial charge is 0.433 e. The molecule has 0 aromatic carbocycles. The minimum Gasteiger partial charge on any atom is -0.409 e. The Morgan fingerprint density at radius 1 is 1.64 bits per heavy atom. The quantitative estimate of drug-likeness (QED) is 0.187. The number of amidine groups is 1. The van der Waals surface area contributed by atoms with Crippen LogP contribution in [0.15, 0.2) is 21.7 Å². The lowest BCUT2D eigenvalue weighted by Gasteiger charge is -1.99. The van der Waals surface area contributed by atoms with Gasteiger partial charge in [0.2, 0.25) is 5.84 Å². The molecule has 2 heterocycles. The first kappa shape index (κ1) is 8.54. The Labute approximate surface area is 78.4 Å². The zero-order valence-corrected chi connectivity index (χ0v) is 7.08. The minimum absolute atomic E-state index is 0.205. The second-order valence-corrected chi connectivity index (χ2v) is 2.81. The minimum atomic E-state index is -0.638. The average Bonchev–Trinajstić information content (AvgIpc) is 2.84. The summed E-state index contributed by atoms with van der Waals surface area (Å²) in [5, 5.41) is 22.0. The van der Waals surface area contributed by atoms with Gasteiger partial charge in [-0.3, -0.25) is 10.1 Å². The maximum atomic E-state index is 10.3. The molecule has 7 heteroatoms. The van der Waals surface area contributed by atoms with Gasteiger partial charge >= 0.3 is 5.88 Å². The summed E-state index contributed by atoms with van der Waals surface area (Å²) in [6.07, 6.45) is 0. The molecule has 0 spiro atoms. The molecule has 1 saturated heterocycles. The predicted molar refractivity (Wildman–Crippen MR) is 45.3 cm³/mol. The van der Waals surface area contributed by atoms with Crippen LogP contribution in [0.4, 0.5) is 5.88 Å². The molecular formula is C7H7N3O4. The standard InChI is InChI=1S/C7H7N3O4/c11-8-7(9-3-4-9)5-1-2-6(14-5)10(12)13/h1-2,11H,3-4H2/b8-7-. The molecule has 1 fully saturated rings. The van der Waals surface area contributed by atoms with Crippen molar-refractivity contribution in [1.82, 2.24) is 4.90 Å². The number of nitro groups is 1. The molecule has 1 aromatic rings. The summed E-state index contributed by atoms with van der Waals surface area (Å²) in [5.41, 5.74) is 0. The number of hydrogen-bond donors (Lipinski definition) is 1. The summed E-state index contributed by atoms with van der Waals surface area (Å²) in [7, 11) is 0. The van der Waals surface area contributed by atoms with Gasteiger partial charge in [0.25, 0.3) is 0 Å². The molecule has 1 N–H and O–H groups in total. The van der Waals surface area contributed by atoms with E-state index in [1.54, 1.807) is 4.90 Å². The molecule has 0 aliphatic carbocycles. The lowest BCUT2D eigenvalue weighted by molar-refractivity contribution is -0.402. The van der Waals surface area contributed by atoms with Crippen LogP contribution >= 0.6 is 0 Å². The van der Waals surface area contributed by atoms with E-state index >= 15 is 0 Å². The Kier molecular flexibility index (Phi) is 1.84. The van der Waals surface area contributed by atoms with Crippen molar-refractivity contribution in [3.63, 3.8) is 0 Å². The third-order valence-electron chi connectivity index (χ3n) is 1.83. The van der Waals surface area contributed by atoms with Crippen LogP contribution in [0.25, 0.3) is 0 Å². The Balaban J connectivity index is 2.27. The van der Waals surface area contributed by atoms with Crippen LogP contribution in [0.1, 0.15) is 5.76 Å². The summed E-state index contributed by atoms with van der Waals surface area (Å²) in [6.45, 7) is 1.54. The van der Waals surface area contributed by atoms with E-state index in [1.165, 1.54) is 12.1 Å². The molecule has 74 valence electrons. The van der Waals surface area contributed by atoms with Gasteiger partial charge in [-0.2, -0.15) is 0 Å². The van der Waals surface area contributed by atoms with Crippen LogP contribution < -0.4 is 0 Å². The average molecular weight is 197 g/mol. The lowest BCUT2D eigenvalue weighted by Crippen LogP contribution is -2.11. The van der Waals surface area contributed by atoms with Gasteiger partial charge in [-0.15, -0.1) is 0 Å². The number of oxime groups is 1. The van der Waals surface area contributed by atoms with E-state index in [-0.39, 0.29) is 17.5 Å². The van der Waals surface area contributed by atoms with E-state index in [0.717, 1.165) is 13.1 Å². The Morgan fingerprint density at radius 2 is 2.36 bits per heavy atom. The molecule has 0 radical (unpaired) electrons. The van der Waals surface area contributed by atoms with Crippen molar-refractivity contribution in [2.75, 3.05) is 13.1 Å². The number of hydrogen-bond acceptors (Lipinski definition) is 5. The van der Waals surface area contributed by atoms with Crippen LogP contribution in [-0.4, -0.2) is 34.0 Å². The molecule has 0 saturated carbocycles. The topological polar surface area (TPSA) is 91.9 Å². The predicted octanol–water partition coefficient (Wildman–Crippen LogP) is 0.639. The first-order chi connectivity index (χ1) is 6.72. The fraction of sp³-hybridized carbons (Fsp3) is 0.286.